The number of carbonyl (C=O) groups is 1. The fraction of sp³-hybridized carbons (Fsp3) is 0.417. The SMILES string of the molecule is CN(C)CC#Cc1cnc(NC(=O)C(=NO[C@@H]2CCOC2)c2ccc(S(=O)(=O)C3CC3)cc2)cn1. The summed E-state index contributed by atoms with van der Waals surface area (Å²) in [6.45, 7) is 1.54. The molecule has 2 heterocycles. The van der Waals surface area contributed by atoms with Gasteiger partial charge in [0.1, 0.15) is 5.69 Å². The third kappa shape index (κ3) is 6.63. The summed E-state index contributed by atoms with van der Waals surface area (Å²) >= 11 is 0. The molecule has 1 aromatic heterocycles. The first-order valence-corrected chi connectivity index (χ1v) is 12.8. The number of hydrogen-bond acceptors (Lipinski definition) is 9. The number of oxime groups is 1. The second kappa shape index (κ2) is 10.9. The van der Waals surface area contributed by atoms with Gasteiger partial charge in [0.15, 0.2) is 27.5 Å². The molecule has 2 fully saturated rings. The van der Waals surface area contributed by atoms with Crippen LogP contribution in [0.1, 0.15) is 30.5 Å². The molecular weight excluding hydrogens is 470 g/mol. The van der Waals surface area contributed by atoms with Crippen LogP contribution in [0.5, 0.6) is 0 Å². The topological polar surface area (TPSA) is 123 Å². The Morgan fingerprint density at radius 2 is 1.97 bits per heavy atom. The van der Waals surface area contributed by atoms with Crippen LogP contribution in [-0.2, 0) is 24.2 Å². The Kier molecular flexibility index (Phi) is 7.75. The van der Waals surface area contributed by atoms with Crippen LogP contribution in [-0.4, -0.2) is 80.1 Å². The quantitative estimate of drug-likeness (QED) is 0.331. The lowest BCUT2D eigenvalue weighted by Gasteiger charge is -2.11. The summed E-state index contributed by atoms with van der Waals surface area (Å²) in [6, 6.07) is 6.09. The Hall–Kier alpha value is -3.33. The molecule has 184 valence electrons. The maximum atomic E-state index is 13.1. The first kappa shape index (κ1) is 24.8. The molecule has 1 aliphatic carbocycles. The van der Waals surface area contributed by atoms with Gasteiger partial charge < -0.3 is 14.9 Å². The second-order valence-corrected chi connectivity index (χ2v) is 10.8. The standard InChI is InChI=1S/C24H27N5O5S/c1-29(2)12-3-4-18-14-26-22(15-25-18)27-24(30)23(28-34-19-11-13-33-16-19)17-5-7-20(8-6-17)35(31,32)21-9-10-21/h5-8,14-15,19,21H,9-13,16H2,1-2H3,(H,26,27,30)/t19-/m1/s1. The fourth-order valence-corrected chi connectivity index (χ4v) is 4.90. The highest BCUT2D eigenvalue weighted by Gasteiger charge is 2.36. The van der Waals surface area contributed by atoms with Crippen molar-refractivity contribution in [1.82, 2.24) is 14.9 Å². The van der Waals surface area contributed by atoms with E-state index in [9.17, 15) is 13.2 Å². The molecule has 1 aromatic carbocycles. The van der Waals surface area contributed by atoms with E-state index >= 15 is 0 Å². The van der Waals surface area contributed by atoms with Gasteiger partial charge in [-0.05, 0) is 45.0 Å². The highest BCUT2D eigenvalue weighted by Crippen LogP contribution is 2.33. The van der Waals surface area contributed by atoms with Crippen LogP contribution in [0.2, 0.25) is 0 Å². The van der Waals surface area contributed by atoms with Crippen LogP contribution in [0.15, 0.2) is 46.7 Å². The summed E-state index contributed by atoms with van der Waals surface area (Å²) in [6.07, 6.45) is 4.64. The van der Waals surface area contributed by atoms with Crippen molar-refractivity contribution < 1.29 is 22.8 Å². The molecule has 1 atom stereocenters. The van der Waals surface area contributed by atoms with Crippen molar-refractivity contribution in [1.29, 1.82) is 0 Å². The minimum Gasteiger partial charge on any atom is -0.389 e. The van der Waals surface area contributed by atoms with E-state index in [1.165, 1.54) is 24.5 Å². The highest BCUT2D eigenvalue weighted by molar-refractivity contribution is 7.92. The Bertz CT molecular complexity index is 1240. The van der Waals surface area contributed by atoms with Gasteiger partial charge in [0.05, 0.1) is 42.3 Å². The van der Waals surface area contributed by atoms with Gasteiger partial charge in [-0.15, -0.1) is 0 Å². The number of amides is 1. The molecule has 0 spiro atoms. The molecule has 0 unspecified atom stereocenters. The van der Waals surface area contributed by atoms with E-state index in [1.807, 2.05) is 19.0 Å². The minimum atomic E-state index is -3.34. The van der Waals surface area contributed by atoms with Gasteiger partial charge in [-0.2, -0.15) is 0 Å². The lowest BCUT2D eigenvalue weighted by atomic mass is 10.1. The van der Waals surface area contributed by atoms with Crippen LogP contribution >= 0.6 is 0 Å². The van der Waals surface area contributed by atoms with Crippen molar-refractivity contribution in [2.75, 3.05) is 39.2 Å². The Morgan fingerprint density at radius 3 is 2.57 bits per heavy atom. The molecule has 2 aliphatic rings. The van der Waals surface area contributed by atoms with Gasteiger partial charge in [-0.3, -0.25) is 9.69 Å². The highest BCUT2D eigenvalue weighted by atomic mass is 32.2. The largest absolute Gasteiger partial charge is 0.389 e. The van der Waals surface area contributed by atoms with Gasteiger partial charge in [-0.25, -0.2) is 18.4 Å². The summed E-state index contributed by atoms with van der Waals surface area (Å²) in [5, 5.41) is 6.43. The van der Waals surface area contributed by atoms with Crippen molar-refractivity contribution in [3.63, 3.8) is 0 Å². The molecule has 0 radical (unpaired) electrons. The molecule has 1 saturated heterocycles. The predicted molar refractivity (Wildman–Crippen MR) is 130 cm³/mol. The molecule has 1 amide bonds. The van der Waals surface area contributed by atoms with E-state index in [1.54, 1.807) is 12.1 Å². The Labute approximate surface area is 204 Å². The molecule has 10 nitrogen and oxygen atoms in total. The molecule has 0 bridgehead atoms. The fourth-order valence-electron chi connectivity index (χ4n) is 3.24. The number of carbonyl (C=O) groups excluding carboxylic acids is 1. The summed E-state index contributed by atoms with van der Waals surface area (Å²) in [5.74, 6) is 5.52. The summed E-state index contributed by atoms with van der Waals surface area (Å²) in [7, 11) is 0.497. The van der Waals surface area contributed by atoms with Gasteiger partial charge in [-0.1, -0.05) is 23.2 Å². The van der Waals surface area contributed by atoms with Crippen LogP contribution in [0.3, 0.4) is 0 Å². The molecular formula is C24H27N5O5S. The molecule has 11 heteroatoms. The number of anilines is 1. The average Bonchev–Trinajstić information content (AvgIpc) is 3.58. The maximum absolute atomic E-state index is 13.1. The number of aromatic nitrogens is 2. The van der Waals surface area contributed by atoms with Crippen molar-refractivity contribution in [3.05, 3.63) is 47.9 Å². The number of ether oxygens (including phenoxy) is 1. The van der Waals surface area contributed by atoms with Gasteiger partial charge in [0, 0.05) is 12.0 Å². The van der Waals surface area contributed by atoms with E-state index in [-0.39, 0.29) is 27.8 Å². The number of nitrogens with zero attached hydrogens (tertiary/aromatic N) is 4. The smallest absolute Gasteiger partial charge is 0.279 e. The molecule has 35 heavy (non-hydrogen) atoms. The zero-order valence-corrected chi connectivity index (χ0v) is 20.4. The first-order valence-electron chi connectivity index (χ1n) is 11.3. The third-order valence-corrected chi connectivity index (χ3v) is 7.60. The lowest BCUT2D eigenvalue weighted by Crippen LogP contribution is -2.26. The summed E-state index contributed by atoms with van der Waals surface area (Å²) < 4.78 is 30.3. The Morgan fingerprint density at radius 1 is 1.20 bits per heavy atom. The minimum absolute atomic E-state index is 0.0103. The van der Waals surface area contributed by atoms with Crippen LogP contribution in [0, 0.1) is 11.8 Å². The lowest BCUT2D eigenvalue weighted by molar-refractivity contribution is -0.110. The van der Waals surface area contributed by atoms with E-state index < -0.39 is 15.7 Å². The number of rotatable bonds is 8. The monoisotopic (exact) mass is 497 g/mol. The van der Waals surface area contributed by atoms with Crippen LogP contribution in [0.25, 0.3) is 0 Å². The molecule has 1 N–H and O–H groups in total. The number of hydrogen-bond donors (Lipinski definition) is 1. The van der Waals surface area contributed by atoms with E-state index in [2.05, 4.69) is 32.3 Å². The van der Waals surface area contributed by atoms with Gasteiger partial charge in [0.25, 0.3) is 5.91 Å². The molecule has 2 aromatic rings. The normalized spacial score (nSPS) is 18.1. The zero-order valence-electron chi connectivity index (χ0n) is 19.6. The van der Waals surface area contributed by atoms with Crippen molar-refractivity contribution >= 4 is 27.3 Å². The molecule has 1 aliphatic heterocycles. The Balaban J connectivity index is 1.51. The second-order valence-electron chi connectivity index (χ2n) is 8.58. The van der Waals surface area contributed by atoms with Crippen LogP contribution in [0.4, 0.5) is 5.82 Å². The summed E-state index contributed by atoms with van der Waals surface area (Å²) in [4.78, 5) is 29.2. The number of benzene rings is 1. The number of sulfone groups is 1. The van der Waals surface area contributed by atoms with E-state index in [0.29, 0.717) is 50.3 Å². The first-order chi connectivity index (χ1) is 16.8. The summed E-state index contributed by atoms with van der Waals surface area (Å²) in [5.41, 5.74) is 0.884. The van der Waals surface area contributed by atoms with Crippen molar-refractivity contribution in [3.8, 4) is 11.8 Å². The molecule has 4 rings (SSSR count). The van der Waals surface area contributed by atoms with E-state index in [4.69, 9.17) is 9.57 Å². The van der Waals surface area contributed by atoms with Crippen molar-refractivity contribution in [2.45, 2.75) is 35.5 Å². The van der Waals surface area contributed by atoms with Gasteiger partial charge >= 0.3 is 0 Å². The van der Waals surface area contributed by atoms with Crippen molar-refractivity contribution in [2.24, 2.45) is 5.16 Å². The van der Waals surface area contributed by atoms with E-state index in [0.717, 1.165) is 0 Å². The zero-order chi connectivity index (χ0) is 24.8. The predicted octanol–water partition coefficient (Wildman–Crippen LogP) is 1.47. The third-order valence-electron chi connectivity index (χ3n) is 5.32. The maximum Gasteiger partial charge on any atom is 0.279 e. The molecule has 1 saturated carbocycles. The number of nitrogens with one attached hydrogen (secondary N) is 1. The average molecular weight is 498 g/mol. The van der Waals surface area contributed by atoms with Crippen LogP contribution < -0.4 is 5.32 Å². The van der Waals surface area contributed by atoms with Gasteiger partial charge in [0.2, 0.25) is 0 Å².